The molecule has 2 N–H and O–H groups in total. The van der Waals surface area contributed by atoms with Crippen molar-refractivity contribution in [3.63, 3.8) is 0 Å². The highest BCUT2D eigenvalue weighted by atomic mass is 127. The van der Waals surface area contributed by atoms with E-state index in [1.807, 2.05) is 13.8 Å². The van der Waals surface area contributed by atoms with Gasteiger partial charge in [-0.25, -0.2) is 0 Å². The number of guanidine groups is 1. The van der Waals surface area contributed by atoms with Crippen molar-refractivity contribution in [1.82, 2.24) is 20.4 Å². The summed E-state index contributed by atoms with van der Waals surface area (Å²) in [5.74, 6) is 0.803. The van der Waals surface area contributed by atoms with Crippen LogP contribution in [-0.2, 0) is 29.2 Å². The van der Waals surface area contributed by atoms with Gasteiger partial charge in [0.15, 0.2) is 5.96 Å². The Morgan fingerprint density at radius 1 is 1.10 bits per heavy atom. The number of nitrogens with one attached hydrogen (secondary N) is 2. The average molecular weight is 529 g/mol. The topological polar surface area (TPSA) is 72.7 Å². The quantitative estimate of drug-likeness (QED) is 0.191. The number of benzene rings is 1. The van der Waals surface area contributed by atoms with Crippen molar-refractivity contribution >= 4 is 29.9 Å². The van der Waals surface area contributed by atoms with Crippen LogP contribution in [0.1, 0.15) is 35.9 Å². The molecule has 0 atom stereocenters. The lowest BCUT2D eigenvalue weighted by Crippen LogP contribution is -2.37. The highest BCUT2D eigenvalue weighted by Gasteiger charge is 2.02. The molecule has 0 aliphatic carbocycles. The summed E-state index contributed by atoms with van der Waals surface area (Å²) in [7, 11) is 1.79. The Bertz CT molecular complexity index is 764. The Balaban J connectivity index is 0.00000450. The van der Waals surface area contributed by atoms with E-state index in [4.69, 9.17) is 9.47 Å². The second-order valence-corrected chi connectivity index (χ2v) is 6.93. The van der Waals surface area contributed by atoms with Gasteiger partial charge < -0.3 is 20.1 Å². The molecule has 7 nitrogen and oxygen atoms in total. The highest BCUT2D eigenvalue weighted by Crippen LogP contribution is 2.07. The maximum atomic E-state index is 5.65. The number of nitrogens with zero attached hydrogens (tertiary/aromatic N) is 3. The first kappa shape index (κ1) is 26.4. The largest absolute Gasteiger partial charge is 0.379 e. The molecule has 0 aliphatic heterocycles. The Hall–Kier alpha value is -1.65. The molecule has 30 heavy (non-hydrogen) atoms. The summed E-state index contributed by atoms with van der Waals surface area (Å²) in [5, 5.41) is 11.2. The van der Waals surface area contributed by atoms with E-state index in [1.54, 1.807) is 7.05 Å². The first-order chi connectivity index (χ1) is 14.1. The van der Waals surface area contributed by atoms with Gasteiger partial charge in [-0.15, -0.1) is 24.0 Å². The van der Waals surface area contributed by atoms with Crippen molar-refractivity contribution in [1.29, 1.82) is 0 Å². The Morgan fingerprint density at radius 3 is 2.57 bits per heavy atom. The molecule has 1 aromatic carbocycles. The molecule has 0 spiro atoms. The number of aryl methyl sites for hydroxylation is 3. The second-order valence-electron chi connectivity index (χ2n) is 6.93. The lowest BCUT2D eigenvalue weighted by atomic mass is 10.1. The van der Waals surface area contributed by atoms with E-state index >= 15 is 0 Å². The molecule has 0 fully saturated rings. The van der Waals surface area contributed by atoms with Crippen LogP contribution >= 0.6 is 24.0 Å². The van der Waals surface area contributed by atoms with Crippen LogP contribution in [0.3, 0.4) is 0 Å². The van der Waals surface area contributed by atoms with Crippen LogP contribution < -0.4 is 10.6 Å². The van der Waals surface area contributed by atoms with Crippen molar-refractivity contribution in [3.05, 3.63) is 52.8 Å². The molecule has 1 aromatic heterocycles. The van der Waals surface area contributed by atoms with Crippen LogP contribution in [0.25, 0.3) is 0 Å². The molecule has 0 amide bonds. The van der Waals surface area contributed by atoms with Gasteiger partial charge in [-0.1, -0.05) is 24.3 Å². The van der Waals surface area contributed by atoms with E-state index < -0.39 is 0 Å². The molecule has 0 radical (unpaired) electrons. The first-order valence-electron chi connectivity index (χ1n) is 10.3. The number of ether oxygens (including phenoxy) is 2. The van der Waals surface area contributed by atoms with Crippen LogP contribution in [0.15, 0.2) is 35.3 Å². The van der Waals surface area contributed by atoms with E-state index in [9.17, 15) is 0 Å². The van der Waals surface area contributed by atoms with E-state index in [0.717, 1.165) is 43.3 Å². The summed E-state index contributed by atoms with van der Waals surface area (Å²) in [5.41, 5.74) is 4.62. The number of halogens is 1. The fourth-order valence-electron chi connectivity index (χ4n) is 3.02. The summed E-state index contributed by atoms with van der Waals surface area (Å²) in [6.45, 7) is 11.1. The van der Waals surface area contributed by atoms with Gasteiger partial charge in [-0.2, -0.15) is 5.10 Å². The van der Waals surface area contributed by atoms with Gasteiger partial charge in [0.05, 0.1) is 25.5 Å². The third-order valence-electron chi connectivity index (χ3n) is 4.46. The van der Waals surface area contributed by atoms with Gasteiger partial charge in [0, 0.05) is 39.0 Å². The maximum Gasteiger partial charge on any atom is 0.191 e. The van der Waals surface area contributed by atoms with E-state index in [2.05, 4.69) is 62.7 Å². The Morgan fingerprint density at radius 2 is 1.87 bits per heavy atom. The predicted octanol–water partition coefficient (Wildman–Crippen LogP) is 3.43. The van der Waals surface area contributed by atoms with Crippen molar-refractivity contribution in [3.8, 4) is 0 Å². The first-order valence-corrected chi connectivity index (χ1v) is 10.3. The summed E-state index contributed by atoms with van der Waals surface area (Å²) in [6.07, 6.45) is 0.983. The van der Waals surface area contributed by atoms with Crippen LogP contribution in [0, 0.1) is 13.8 Å². The van der Waals surface area contributed by atoms with Crippen LogP contribution in [0.5, 0.6) is 0 Å². The molecule has 0 saturated heterocycles. The third kappa shape index (κ3) is 9.90. The summed E-state index contributed by atoms with van der Waals surface area (Å²) in [6, 6.07) is 10.5. The molecule has 0 bridgehead atoms. The molecule has 0 aliphatic rings. The molecule has 2 aromatic rings. The monoisotopic (exact) mass is 529 g/mol. The average Bonchev–Trinajstić information content (AvgIpc) is 3.04. The predicted molar refractivity (Wildman–Crippen MR) is 133 cm³/mol. The fraction of sp³-hybridized carbons (Fsp3) is 0.545. The lowest BCUT2D eigenvalue weighted by molar-refractivity contribution is 0.0453. The van der Waals surface area contributed by atoms with E-state index in [0.29, 0.717) is 26.4 Å². The maximum absolute atomic E-state index is 5.65. The zero-order chi connectivity index (χ0) is 20.9. The molecule has 2 rings (SSSR count). The van der Waals surface area contributed by atoms with Gasteiger partial charge in [0.2, 0.25) is 0 Å². The number of hydrogen-bond donors (Lipinski definition) is 2. The Labute approximate surface area is 197 Å². The molecular weight excluding hydrogens is 493 g/mol. The van der Waals surface area contributed by atoms with E-state index in [1.165, 1.54) is 11.3 Å². The second kappa shape index (κ2) is 15.2. The normalized spacial score (nSPS) is 11.3. The van der Waals surface area contributed by atoms with Gasteiger partial charge in [-0.05, 0) is 44.4 Å². The minimum Gasteiger partial charge on any atom is -0.379 e. The molecule has 168 valence electrons. The fourth-order valence-corrected chi connectivity index (χ4v) is 3.02. The number of aromatic nitrogens is 2. The summed E-state index contributed by atoms with van der Waals surface area (Å²) in [4.78, 5) is 4.30. The number of aliphatic imine (C=N–C) groups is 1. The zero-order valence-corrected chi connectivity index (χ0v) is 20.9. The Kier molecular flexibility index (Phi) is 13.4. The summed E-state index contributed by atoms with van der Waals surface area (Å²) < 4.78 is 13.0. The molecular formula is C22H36IN5O2. The molecule has 0 saturated carbocycles. The van der Waals surface area contributed by atoms with Crippen molar-refractivity contribution < 1.29 is 9.47 Å². The lowest BCUT2D eigenvalue weighted by Gasteiger charge is -2.13. The minimum atomic E-state index is 0. The van der Waals surface area contributed by atoms with Crippen LogP contribution in [-0.4, -0.2) is 49.2 Å². The minimum absolute atomic E-state index is 0. The number of hydrogen-bond acceptors (Lipinski definition) is 4. The summed E-state index contributed by atoms with van der Waals surface area (Å²) >= 11 is 0. The van der Waals surface area contributed by atoms with Crippen molar-refractivity contribution in [2.45, 2.75) is 46.9 Å². The number of rotatable bonds is 12. The standard InChI is InChI=1S/C22H35N5O2.HI/c1-5-28-12-13-29-17-21-9-6-8-20(15-21)16-25-22(23-4)24-10-7-11-27-19(3)14-18(2)26-27;/h6,8-9,14-15H,5,7,10-13,16-17H2,1-4H3,(H2,23,24,25);1H. The molecule has 0 unspecified atom stereocenters. The molecule has 1 heterocycles. The smallest absolute Gasteiger partial charge is 0.191 e. The van der Waals surface area contributed by atoms with Crippen molar-refractivity contribution in [2.75, 3.05) is 33.4 Å². The van der Waals surface area contributed by atoms with Gasteiger partial charge in [-0.3, -0.25) is 9.67 Å². The van der Waals surface area contributed by atoms with Crippen molar-refractivity contribution in [2.24, 2.45) is 4.99 Å². The van der Waals surface area contributed by atoms with Gasteiger partial charge in [0.1, 0.15) is 0 Å². The molecule has 8 heteroatoms. The highest BCUT2D eigenvalue weighted by molar-refractivity contribution is 14.0. The van der Waals surface area contributed by atoms with E-state index in [-0.39, 0.29) is 24.0 Å². The SMILES string of the molecule is CCOCCOCc1cccc(CNC(=NC)NCCCn2nc(C)cc2C)c1.I. The van der Waals surface area contributed by atoms with Crippen LogP contribution in [0.4, 0.5) is 0 Å². The van der Waals surface area contributed by atoms with Crippen LogP contribution in [0.2, 0.25) is 0 Å². The van der Waals surface area contributed by atoms with Gasteiger partial charge in [0.25, 0.3) is 0 Å². The third-order valence-corrected chi connectivity index (χ3v) is 4.46. The zero-order valence-electron chi connectivity index (χ0n) is 18.6. The van der Waals surface area contributed by atoms with Gasteiger partial charge >= 0.3 is 0 Å².